The van der Waals surface area contributed by atoms with Crippen LogP contribution in [0, 0.1) is 5.92 Å². The Morgan fingerprint density at radius 1 is 1.24 bits per heavy atom. The molecule has 25 heavy (non-hydrogen) atoms. The first kappa shape index (κ1) is 16.6. The van der Waals surface area contributed by atoms with Gasteiger partial charge in [-0.05, 0) is 30.2 Å². The van der Waals surface area contributed by atoms with Gasteiger partial charge in [0.2, 0.25) is 0 Å². The second-order valence-electron chi connectivity index (χ2n) is 7.09. The van der Waals surface area contributed by atoms with Crippen LogP contribution in [0.5, 0.6) is 0 Å². The summed E-state index contributed by atoms with van der Waals surface area (Å²) in [7, 11) is 0. The highest BCUT2D eigenvalue weighted by atomic mass is 35.5. The minimum atomic E-state index is -0.922. The van der Waals surface area contributed by atoms with Gasteiger partial charge in [0.15, 0.2) is 0 Å². The molecule has 4 heteroatoms. The quantitative estimate of drug-likeness (QED) is 0.732. The van der Waals surface area contributed by atoms with Crippen LogP contribution in [0.3, 0.4) is 0 Å². The van der Waals surface area contributed by atoms with Crippen LogP contribution >= 0.6 is 11.6 Å². The van der Waals surface area contributed by atoms with Gasteiger partial charge in [-0.3, -0.25) is 4.90 Å². The summed E-state index contributed by atoms with van der Waals surface area (Å²) in [5.74, 6) is 0.0803. The number of rotatable bonds is 3. The predicted molar refractivity (Wildman–Crippen MR) is 101 cm³/mol. The van der Waals surface area contributed by atoms with Crippen molar-refractivity contribution < 1.29 is 9.52 Å². The van der Waals surface area contributed by atoms with Gasteiger partial charge in [-0.1, -0.05) is 48.9 Å². The van der Waals surface area contributed by atoms with Crippen LogP contribution in [0.1, 0.15) is 24.5 Å². The van der Waals surface area contributed by atoms with Crippen molar-refractivity contribution in [2.24, 2.45) is 5.92 Å². The first-order valence-electron chi connectivity index (χ1n) is 8.72. The Morgan fingerprint density at radius 2 is 2.04 bits per heavy atom. The SMILES string of the molecule is C[C@H]1CN(Cc2ccccc2)CC[C@]1(O)c1cc(Cl)cc2ccoc12. The second-order valence-corrected chi connectivity index (χ2v) is 7.52. The van der Waals surface area contributed by atoms with Crippen LogP contribution in [-0.4, -0.2) is 23.1 Å². The van der Waals surface area contributed by atoms with Crippen molar-refractivity contribution in [3.05, 3.63) is 70.9 Å². The van der Waals surface area contributed by atoms with Crippen molar-refractivity contribution in [3.8, 4) is 0 Å². The van der Waals surface area contributed by atoms with E-state index in [4.69, 9.17) is 16.0 Å². The molecule has 1 N–H and O–H groups in total. The maximum Gasteiger partial charge on any atom is 0.140 e. The molecule has 0 saturated carbocycles. The van der Waals surface area contributed by atoms with Gasteiger partial charge >= 0.3 is 0 Å². The third-order valence-electron chi connectivity index (χ3n) is 5.39. The zero-order chi connectivity index (χ0) is 17.4. The summed E-state index contributed by atoms with van der Waals surface area (Å²) >= 11 is 6.28. The van der Waals surface area contributed by atoms with E-state index in [1.807, 2.05) is 24.3 Å². The van der Waals surface area contributed by atoms with Crippen LogP contribution in [0.2, 0.25) is 5.02 Å². The van der Waals surface area contributed by atoms with Gasteiger partial charge in [0.1, 0.15) is 5.58 Å². The minimum absolute atomic E-state index is 0.0803. The lowest BCUT2D eigenvalue weighted by atomic mass is 9.76. The Bertz CT molecular complexity index is 876. The molecule has 130 valence electrons. The minimum Gasteiger partial charge on any atom is -0.464 e. The van der Waals surface area contributed by atoms with Crippen LogP contribution in [0.25, 0.3) is 11.0 Å². The van der Waals surface area contributed by atoms with E-state index in [-0.39, 0.29) is 5.92 Å². The Kier molecular flexibility index (Phi) is 4.32. The number of furan rings is 1. The van der Waals surface area contributed by atoms with Crippen molar-refractivity contribution in [1.29, 1.82) is 0 Å². The molecule has 0 unspecified atom stereocenters. The Hall–Kier alpha value is -1.81. The maximum atomic E-state index is 11.5. The van der Waals surface area contributed by atoms with Crippen molar-refractivity contribution in [2.45, 2.75) is 25.5 Å². The molecule has 0 aliphatic carbocycles. The number of fused-ring (bicyclic) bond motifs is 1. The van der Waals surface area contributed by atoms with E-state index in [2.05, 4.69) is 36.1 Å². The molecule has 1 aliphatic rings. The lowest BCUT2D eigenvalue weighted by Gasteiger charge is -2.43. The summed E-state index contributed by atoms with van der Waals surface area (Å²) in [5.41, 5.74) is 1.94. The second kappa shape index (κ2) is 6.49. The maximum absolute atomic E-state index is 11.5. The smallest absolute Gasteiger partial charge is 0.140 e. The number of hydrogen-bond donors (Lipinski definition) is 1. The molecule has 0 bridgehead atoms. The molecule has 0 amide bonds. The van der Waals surface area contributed by atoms with Gasteiger partial charge in [-0.2, -0.15) is 0 Å². The van der Waals surface area contributed by atoms with Crippen LogP contribution in [-0.2, 0) is 12.1 Å². The molecule has 3 aromatic rings. The van der Waals surface area contributed by atoms with E-state index in [1.165, 1.54) is 5.56 Å². The average molecular weight is 356 g/mol. The largest absolute Gasteiger partial charge is 0.464 e. The first-order valence-corrected chi connectivity index (χ1v) is 9.10. The van der Waals surface area contributed by atoms with Crippen molar-refractivity contribution >= 4 is 22.6 Å². The van der Waals surface area contributed by atoms with Crippen LogP contribution < -0.4 is 0 Å². The molecule has 3 nitrogen and oxygen atoms in total. The van der Waals surface area contributed by atoms with Gasteiger partial charge < -0.3 is 9.52 Å². The summed E-state index contributed by atoms with van der Waals surface area (Å²) in [5, 5.41) is 13.1. The molecule has 0 spiro atoms. The fourth-order valence-electron chi connectivity index (χ4n) is 3.96. The zero-order valence-electron chi connectivity index (χ0n) is 14.3. The third-order valence-corrected chi connectivity index (χ3v) is 5.61. The Labute approximate surface area is 152 Å². The summed E-state index contributed by atoms with van der Waals surface area (Å²) in [4.78, 5) is 2.40. The number of nitrogens with zero attached hydrogens (tertiary/aromatic N) is 1. The fraction of sp³-hybridized carbons (Fsp3) is 0.333. The van der Waals surface area contributed by atoms with E-state index in [0.717, 1.165) is 36.2 Å². The van der Waals surface area contributed by atoms with Crippen molar-refractivity contribution in [3.63, 3.8) is 0 Å². The Morgan fingerprint density at radius 3 is 2.80 bits per heavy atom. The van der Waals surface area contributed by atoms with E-state index in [9.17, 15) is 5.11 Å². The molecular formula is C21H22ClNO2. The molecule has 0 radical (unpaired) electrons. The van der Waals surface area contributed by atoms with Gasteiger partial charge in [0.25, 0.3) is 0 Å². The summed E-state index contributed by atoms with van der Waals surface area (Å²) in [6, 6.07) is 16.1. The molecule has 1 saturated heterocycles. The van der Waals surface area contributed by atoms with Gasteiger partial charge in [-0.25, -0.2) is 0 Å². The van der Waals surface area contributed by atoms with Crippen LogP contribution in [0.4, 0.5) is 0 Å². The summed E-state index contributed by atoms with van der Waals surface area (Å²) < 4.78 is 5.66. The molecule has 2 atom stereocenters. The van der Waals surface area contributed by atoms with E-state index < -0.39 is 5.60 Å². The third kappa shape index (κ3) is 3.08. The summed E-state index contributed by atoms with van der Waals surface area (Å²) in [6.45, 7) is 4.68. The average Bonchev–Trinajstić information content (AvgIpc) is 3.06. The molecule has 1 aromatic heterocycles. The lowest BCUT2D eigenvalue weighted by molar-refractivity contribution is -0.0722. The first-order chi connectivity index (χ1) is 12.1. The molecule has 4 rings (SSSR count). The van der Waals surface area contributed by atoms with E-state index >= 15 is 0 Å². The Balaban J connectivity index is 1.60. The molecule has 2 heterocycles. The number of benzene rings is 2. The topological polar surface area (TPSA) is 36.6 Å². The predicted octanol–water partition coefficient (Wildman–Crippen LogP) is 4.82. The molecule has 1 aliphatic heterocycles. The fourth-order valence-corrected chi connectivity index (χ4v) is 4.18. The number of halogens is 1. The van der Waals surface area contributed by atoms with Crippen molar-refractivity contribution in [2.75, 3.05) is 13.1 Å². The number of piperidine rings is 1. The van der Waals surface area contributed by atoms with Gasteiger partial charge in [0.05, 0.1) is 11.9 Å². The van der Waals surface area contributed by atoms with E-state index in [1.54, 1.807) is 6.26 Å². The number of aliphatic hydroxyl groups is 1. The van der Waals surface area contributed by atoms with Crippen LogP contribution in [0.15, 0.2) is 59.2 Å². The zero-order valence-corrected chi connectivity index (χ0v) is 15.0. The lowest BCUT2D eigenvalue weighted by Crippen LogP contribution is -2.48. The number of hydrogen-bond acceptors (Lipinski definition) is 3. The van der Waals surface area contributed by atoms with Gasteiger partial charge in [-0.15, -0.1) is 0 Å². The van der Waals surface area contributed by atoms with Gasteiger partial charge in [0, 0.05) is 41.5 Å². The monoisotopic (exact) mass is 355 g/mol. The summed E-state index contributed by atoms with van der Waals surface area (Å²) in [6.07, 6.45) is 2.32. The molecule has 2 aromatic carbocycles. The normalized spacial score (nSPS) is 24.7. The van der Waals surface area contributed by atoms with Crippen molar-refractivity contribution in [1.82, 2.24) is 4.90 Å². The standard InChI is InChI=1S/C21H22ClNO2/c1-15-13-23(14-16-5-3-2-4-6-16)9-8-21(15,24)19-12-18(22)11-17-7-10-25-20(17)19/h2-7,10-12,15,24H,8-9,13-14H2,1H3/t15-,21+/m0/s1. The van der Waals surface area contributed by atoms with E-state index in [0.29, 0.717) is 11.4 Å². The molecular weight excluding hydrogens is 334 g/mol. The highest BCUT2D eigenvalue weighted by Gasteiger charge is 2.42. The highest BCUT2D eigenvalue weighted by Crippen LogP contribution is 2.42. The molecule has 1 fully saturated rings. The highest BCUT2D eigenvalue weighted by molar-refractivity contribution is 6.31. The number of likely N-dealkylation sites (tertiary alicyclic amines) is 1.